The van der Waals surface area contributed by atoms with Crippen LogP contribution in [-0.4, -0.2) is 5.71 Å². The van der Waals surface area contributed by atoms with Crippen molar-refractivity contribution in [2.45, 2.75) is 40.5 Å². The monoisotopic (exact) mass is 315 g/mol. The van der Waals surface area contributed by atoms with Gasteiger partial charge >= 0.3 is 0 Å². The fourth-order valence-electron chi connectivity index (χ4n) is 1.60. The number of aryl methyl sites for hydroxylation is 1. The first-order chi connectivity index (χ1) is 7.08. The van der Waals surface area contributed by atoms with Crippen molar-refractivity contribution in [3.05, 3.63) is 26.8 Å². The molecule has 0 heterocycles. The molecule has 1 rings (SSSR count). The van der Waals surface area contributed by atoms with Crippen molar-refractivity contribution in [2.24, 2.45) is 4.99 Å². The maximum absolute atomic E-state index is 4.68. The molecule has 0 aliphatic carbocycles. The number of aliphatic imine (C=N–C) groups is 1. The Balaban J connectivity index is 3.26. The molecule has 0 N–H and O–H groups in total. The highest BCUT2D eigenvalue weighted by atomic mass is 127. The van der Waals surface area contributed by atoms with Gasteiger partial charge in [-0.2, -0.15) is 0 Å². The summed E-state index contributed by atoms with van der Waals surface area (Å²) in [6.07, 6.45) is 2.08. The molecule has 1 aromatic carbocycles. The van der Waals surface area contributed by atoms with Crippen molar-refractivity contribution in [3.8, 4) is 0 Å². The fourth-order valence-corrected chi connectivity index (χ4v) is 2.36. The highest BCUT2D eigenvalue weighted by molar-refractivity contribution is 14.1. The fraction of sp³-hybridized carbons (Fsp3) is 0.462. The van der Waals surface area contributed by atoms with E-state index in [1.165, 1.54) is 20.4 Å². The Morgan fingerprint density at radius 2 is 2.00 bits per heavy atom. The molecule has 0 amide bonds. The predicted octanol–water partition coefficient (Wildman–Crippen LogP) is 4.66. The van der Waals surface area contributed by atoms with E-state index < -0.39 is 0 Å². The van der Waals surface area contributed by atoms with Crippen LogP contribution in [0.5, 0.6) is 0 Å². The molecule has 0 spiro atoms. The van der Waals surface area contributed by atoms with Gasteiger partial charge in [-0.25, -0.2) is 0 Å². The third kappa shape index (κ3) is 3.30. The molecule has 0 aliphatic rings. The zero-order valence-electron chi connectivity index (χ0n) is 9.89. The molecular weight excluding hydrogens is 297 g/mol. The molecular formula is C13H18IN. The van der Waals surface area contributed by atoms with Gasteiger partial charge in [0.15, 0.2) is 0 Å². The van der Waals surface area contributed by atoms with Gasteiger partial charge in [0.1, 0.15) is 0 Å². The molecule has 82 valence electrons. The number of hydrogen-bond donors (Lipinski definition) is 0. The lowest BCUT2D eigenvalue weighted by molar-refractivity contribution is 1.10. The summed E-state index contributed by atoms with van der Waals surface area (Å²) >= 11 is 2.35. The second-order valence-corrected chi connectivity index (χ2v) is 5.02. The van der Waals surface area contributed by atoms with Gasteiger partial charge in [0.2, 0.25) is 0 Å². The highest BCUT2D eigenvalue weighted by Crippen LogP contribution is 2.26. The van der Waals surface area contributed by atoms with E-state index in [9.17, 15) is 0 Å². The molecule has 0 saturated carbocycles. The molecule has 0 aromatic heterocycles. The second kappa shape index (κ2) is 5.64. The number of hydrogen-bond acceptors (Lipinski definition) is 1. The number of benzene rings is 1. The van der Waals surface area contributed by atoms with E-state index in [1.54, 1.807) is 0 Å². The Morgan fingerprint density at radius 3 is 2.53 bits per heavy atom. The minimum atomic E-state index is 1.02. The molecule has 0 unspecified atom stereocenters. The zero-order chi connectivity index (χ0) is 11.4. The molecule has 0 bridgehead atoms. The van der Waals surface area contributed by atoms with Gasteiger partial charge in [-0.1, -0.05) is 13.8 Å². The largest absolute Gasteiger partial charge is 0.258 e. The maximum atomic E-state index is 4.68. The lowest BCUT2D eigenvalue weighted by atomic mass is 10.0. The van der Waals surface area contributed by atoms with E-state index in [0.29, 0.717) is 0 Å². The average molecular weight is 315 g/mol. The van der Waals surface area contributed by atoms with Crippen LogP contribution in [0.4, 0.5) is 5.69 Å². The number of nitrogens with zero attached hydrogens (tertiary/aromatic N) is 1. The van der Waals surface area contributed by atoms with Gasteiger partial charge in [-0.05, 0) is 72.5 Å². The van der Waals surface area contributed by atoms with Gasteiger partial charge in [0.05, 0.1) is 5.69 Å². The van der Waals surface area contributed by atoms with E-state index in [1.807, 2.05) is 0 Å². The molecule has 0 atom stereocenters. The van der Waals surface area contributed by atoms with Crippen LogP contribution in [0.15, 0.2) is 17.1 Å². The van der Waals surface area contributed by atoms with Crippen molar-refractivity contribution in [2.75, 3.05) is 0 Å². The van der Waals surface area contributed by atoms with E-state index in [0.717, 1.165) is 18.5 Å². The van der Waals surface area contributed by atoms with E-state index in [2.05, 4.69) is 67.4 Å². The molecule has 0 saturated heterocycles. The summed E-state index contributed by atoms with van der Waals surface area (Å²) in [4.78, 5) is 4.68. The maximum Gasteiger partial charge on any atom is 0.0673 e. The molecule has 1 nitrogen and oxygen atoms in total. The van der Waals surface area contributed by atoms with Crippen LogP contribution in [-0.2, 0) is 6.42 Å². The van der Waals surface area contributed by atoms with Gasteiger partial charge in [0, 0.05) is 9.28 Å². The molecule has 0 aliphatic heterocycles. The van der Waals surface area contributed by atoms with Gasteiger partial charge in [-0.15, -0.1) is 0 Å². The van der Waals surface area contributed by atoms with Crippen molar-refractivity contribution >= 4 is 34.0 Å². The first kappa shape index (κ1) is 12.7. The third-order valence-corrected chi connectivity index (χ3v) is 3.21. The molecule has 1 aromatic rings. The summed E-state index contributed by atoms with van der Waals surface area (Å²) in [5.74, 6) is 0. The molecule has 0 radical (unpaired) electrons. The summed E-state index contributed by atoms with van der Waals surface area (Å²) in [7, 11) is 0. The second-order valence-electron chi connectivity index (χ2n) is 3.77. The van der Waals surface area contributed by atoms with Crippen LogP contribution in [0, 0.1) is 10.5 Å². The SMILES string of the molecule is CCC(C)=Nc1cc(I)cc(C)c1CC. The summed E-state index contributed by atoms with van der Waals surface area (Å²) in [5, 5.41) is 0. The molecule has 0 fully saturated rings. The number of rotatable bonds is 3. The van der Waals surface area contributed by atoms with E-state index >= 15 is 0 Å². The predicted molar refractivity (Wildman–Crippen MR) is 76.3 cm³/mol. The van der Waals surface area contributed by atoms with Crippen molar-refractivity contribution < 1.29 is 0 Å². The average Bonchev–Trinajstić information content (AvgIpc) is 2.17. The Morgan fingerprint density at radius 1 is 1.33 bits per heavy atom. The summed E-state index contributed by atoms with van der Waals surface area (Å²) < 4.78 is 1.27. The smallest absolute Gasteiger partial charge is 0.0673 e. The standard InChI is InChI=1S/C13H18IN/c1-5-10(4)15-13-8-11(14)7-9(3)12(13)6-2/h7-8H,5-6H2,1-4H3. The van der Waals surface area contributed by atoms with Gasteiger partial charge in [0.25, 0.3) is 0 Å². The summed E-state index contributed by atoms with van der Waals surface area (Å²) in [6, 6.07) is 4.39. The lowest BCUT2D eigenvalue weighted by Gasteiger charge is -2.09. The number of halogens is 1. The Kier molecular flexibility index (Phi) is 4.77. The molecule has 2 heteroatoms. The minimum absolute atomic E-state index is 1.02. The lowest BCUT2D eigenvalue weighted by Crippen LogP contribution is -1.92. The quantitative estimate of drug-likeness (QED) is 0.568. The van der Waals surface area contributed by atoms with Crippen LogP contribution in [0.2, 0.25) is 0 Å². The Bertz CT molecular complexity index is 380. The van der Waals surface area contributed by atoms with Crippen molar-refractivity contribution in [1.29, 1.82) is 0 Å². The van der Waals surface area contributed by atoms with Crippen molar-refractivity contribution in [1.82, 2.24) is 0 Å². The van der Waals surface area contributed by atoms with Crippen LogP contribution in [0.25, 0.3) is 0 Å². The minimum Gasteiger partial charge on any atom is -0.258 e. The third-order valence-electron chi connectivity index (χ3n) is 2.59. The first-order valence-corrected chi connectivity index (χ1v) is 6.49. The first-order valence-electron chi connectivity index (χ1n) is 5.41. The van der Waals surface area contributed by atoms with Crippen LogP contribution >= 0.6 is 22.6 Å². The van der Waals surface area contributed by atoms with Crippen molar-refractivity contribution in [3.63, 3.8) is 0 Å². The van der Waals surface area contributed by atoms with Gasteiger partial charge in [-0.3, -0.25) is 4.99 Å². The van der Waals surface area contributed by atoms with Gasteiger partial charge < -0.3 is 0 Å². The van der Waals surface area contributed by atoms with E-state index in [-0.39, 0.29) is 0 Å². The Hall–Kier alpha value is -0.380. The highest BCUT2D eigenvalue weighted by Gasteiger charge is 2.05. The molecule has 15 heavy (non-hydrogen) atoms. The zero-order valence-corrected chi connectivity index (χ0v) is 12.1. The topological polar surface area (TPSA) is 12.4 Å². The normalized spacial score (nSPS) is 11.9. The summed E-state index contributed by atoms with van der Waals surface area (Å²) in [6.45, 7) is 8.59. The summed E-state index contributed by atoms with van der Waals surface area (Å²) in [5.41, 5.74) is 5.09. The Labute approximate surface area is 106 Å². The van der Waals surface area contributed by atoms with Crippen LogP contribution < -0.4 is 0 Å². The van der Waals surface area contributed by atoms with Crippen LogP contribution in [0.3, 0.4) is 0 Å². The van der Waals surface area contributed by atoms with E-state index in [4.69, 9.17) is 0 Å². The van der Waals surface area contributed by atoms with Crippen LogP contribution in [0.1, 0.15) is 38.3 Å².